The van der Waals surface area contributed by atoms with Gasteiger partial charge in [0.05, 0.1) is 5.75 Å². The third-order valence-electron chi connectivity index (χ3n) is 2.02. The zero-order chi connectivity index (χ0) is 14.7. The highest BCUT2D eigenvalue weighted by Gasteiger charge is 2.17. The summed E-state index contributed by atoms with van der Waals surface area (Å²) in [4.78, 5) is 10.8. The van der Waals surface area contributed by atoms with Gasteiger partial charge in [-0.1, -0.05) is 47.3 Å². The lowest BCUT2D eigenvalue weighted by Gasteiger charge is -2.15. The maximum Gasteiger partial charge on any atom is 0.247 e. The third kappa shape index (κ3) is 9.19. The predicted octanol–water partition coefficient (Wildman–Crippen LogP) is 2.98. The van der Waals surface area contributed by atoms with E-state index < -0.39 is 5.69 Å². The Morgan fingerprint density at radius 3 is 2.16 bits per heavy atom. The van der Waals surface area contributed by atoms with Crippen LogP contribution in [0.4, 0.5) is 0 Å². The van der Waals surface area contributed by atoms with E-state index in [-0.39, 0.29) is 11.7 Å². The van der Waals surface area contributed by atoms with Crippen molar-refractivity contribution in [2.45, 2.75) is 6.92 Å². The van der Waals surface area contributed by atoms with Gasteiger partial charge in [-0.05, 0) is 18.7 Å². The molecule has 0 unspecified atom stereocenters. The summed E-state index contributed by atoms with van der Waals surface area (Å²) in [6.45, 7) is 2.08. The van der Waals surface area contributed by atoms with Crippen LogP contribution in [0.2, 0.25) is 0 Å². The van der Waals surface area contributed by atoms with E-state index in [1.54, 1.807) is 7.05 Å². The highest BCUT2D eigenvalue weighted by Crippen LogP contribution is 2.59. The normalized spacial score (nSPS) is 10.3. The standard InChI is InChI=1S/C7H8.C5H12NO3PS2/c1-7-5-3-2-4-6-7;1-6-5(7)4-12-10(11,8-2)9-3/h2-6H,1H3;4H2,1-3H3,(H,6,7). The monoisotopic (exact) mass is 321 g/mol. The maximum absolute atomic E-state index is 10.8. The number of hydrogen-bond donors (Lipinski definition) is 1. The first kappa shape index (κ1) is 18.6. The molecule has 0 bridgehead atoms. The van der Waals surface area contributed by atoms with Gasteiger partial charge < -0.3 is 14.4 Å². The molecule has 0 saturated heterocycles. The molecule has 1 aromatic rings. The quantitative estimate of drug-likeness (QED) is 0.845. The first-order valence-electron chi connectivity index (χ1n) is 5.55. The van der Waals surface area contributed by atoms with E-state index in [1.807, 2.05) is 18.2 Å². The first-order chi connectivity index (χ1) is 8.97. The molecule has 0 heterocycles. The molecule has 0 aromatic heterocycles. The fourth-order valence-corrected chi connectivity index (χ4v) is 3.64. The van der Waals surface area contributed by atoms with Crippen molar-refractivity contribution in [1.29, 1.82) is 0 Å². The van der Waals surface area contributed by atoms with E-state index in [1.165, 1.54) is 31.2 Å². The fourth-order valence-electron chi connectivity index (χ4n) is 0.924. The molecular formula is C12H20NO3PS2. The Bertz CT molecular complexity index is 407. The summed E-state index contributed by atoms with van der Waals surface area (Å²) in [5, 5.41) is 2.49. The molecule has 1 aromatic carbocycles. The minimum atomic E-state index is -2.26. The Morgan fingerprint density at radius 1 is 1.32 bits per heavy atom. The Morgan fingerprint density at radius 2 is 1.84 bits per heavy atom. The zero-order valence-electron chi connectivity index (χ0n) is 11.6. The second kappa shape index (κ2) is 10.4. The number of carbonyl (C=O) groups excluding carboxylic acids is 1. The van der Waals surface area contributed by atoms with Crippen molar-refractivity contribution < 1.29 is 13.8 Å². The molecule has 0 spiro atoms. The lowest BCUT2D eigenvalue weighted by molar-refractivity contribution is -0.118. The summed E-state index contributed by atoms with van der Waals surface area (Å²) in [7, 11) is 4.55. The Hall–Kier alpha value is -0.390. The summed E-state index contributed by atoms with van der Waals surface area (Å²) < 4.78 is 9.94. The molecule has 7 heteroatoms. The summed E-state index contributed by atoms with van der Waals surface area (Å²) in [6, 6.07) is 10.3. The highest BCUT2D eigenvalue weighted by molar-refractivity contribution is 8.68. The second-order valence-electron chi connectivity index (χ2n) is 3.41. The average molecular weight is 321 g/mol. The van der Waals surface area contributed by atoms with Gasteiger partial charge in [0, 0.05) is 21.3 Å². The summed E-state index contributed by atoms with van der Waals surface area (Å²) >= 11 is 6.25. The second-order valence-corrected chi connectivity index (χ2v) is 9.94. The number of amides is 1. The van der Waals surface area contributed by atoms with Gasteiger partial charge in [-0.2, -0.15) is 0 Å². The van der Waals surface area contributed by atoms with E-state index in [2.05, 4.69) is 24.4 Å². The predicted molar refractivity (Wildman–Crippen MR) is 86.0 cm³/mol. The van der Waals surface area contributed by atoms with Gasteiger partial charge >= 0.3 is 0 Å². The molecule has 0 fully saturated rings. The highest BCUT2D eigenvalue weighted by atomic mass is 32.9. The van der Waals surface area contributed by atoms with Gasteiger partial charge in [-0.25, -0.2) is 0 Å². The van der Waals surface area contributed by atoms with Crippen molar-refractivity contribution in [3.8, 4) is 0 Å². The molecule has 0 atom stereocenters. The Kier molecular flexibility index (Phi) is 10.2. The molecule has 0 aliphatic heterocycles. The molecule has 0 saturated carbocycles. The number of rotatable bonds is 5. The van der Waals surface area contributed by atoms with E-state index >= 15 is 0 Å². The van der Waals surface area contributed by atoms with Crippen LogP contribution in [-0.2, 0) is 25.6 Å². The van der Waals surface area contributed by atoms with Crippen molar-refractivity contribution in [2.75, 3.05) is 27.0 Å². The van der Waals surface area contributed by atoms with Gasteiger partial charge in [-0.15, -0.1) is 0 Å². The molecular weight excluding hydrogens is 301 g/mol. The van der Waals surface area contributed by atoms with Crippen LogP contribution < -0.4 is 5.32 Å². The van der Waals surface area contributed by atoms with Gasteiger partial charge in [-0.3, -0.25) is 4.79 Å². The van der Waals surface area contributed by atoms with Crippen LogP contribution in [0, 0.1) is 6.92 Å². The van der Waals surface area contributed by atoms with Gasteiger partial charge in [0.25, 0.3) is 0 Å². The van der Waals surface area contributed by atoms with Crippen LogP contribution in [-0.4, -0.2) is 32.9 Å². The van der Waals surface area contributed by atoms with Crippen LogP contribution in [0.5, 0.6) is 0 Å². The van der Waals surface area contributed by atoms with Crippen molar-refractivity contribution in [1.82, 2.24) is 5.32 Å². The number of hydrogen-bond acceptors (Lipinski definition) is 5. The summed E-state index contributed by atoms with van der Waals surface area (Å²) in [5.74, 6) is 0.193. The molecule has 4 nitrogen and oxygen atoms in total. The van der Waals surface area contributed by atoms with Crippen molar-refractivity contribution in [3.05, 3.63) is 35.9 Å². The van der Waals surface area contributed by atoms with Crippen molar-refractivity contribution in [3.63, 3.8) is 0 Å². The summed E-state index contributed by atoms with van der Waals surface area (Å²) in [6.07, 6.45) is 0. The van der Waals surface area contributed by atoms with Crippen LogP contribution in [0.1, 0.15) is 5.56 Å². The third-order valence-corrected chi connectivity index (χ3v) is 7.70. The summed E-state index contributed by atoms with van der Waals surface area (Å²) in [5.41, 5.74) is -0.937. The minimum absolute atomic E-state index is 0.0803. The van der Waals surface area contributed by atoms with E-state index in [4.69, 9.17) is 20.9 Å². The Labute approximate surface area is 124 Å². The van der Waals surface area contributed by atoms with E-state index in [0.717, 1.165) is 0 Å². The molecule has 0 radical (unpaired) electrons. The topological polar surface area (TPSA) is 47.6 Å². The SMILES string of the molecule is CNC(=O)CSP(=S)(OC)OC.Cc1ccccc1. The number of carbonyl (C=O) groups is 1. The Balaban J connectivity index is 0.000000388. The van der Waals surface area contributed by atoms with E-state index in [0.29, 0.717) is 0 Å². The van der Waals surface area contributed by atoms with Crippen LogP contribution in [0.15, 0.2) is 30.3 Å². The van der Waals surface area contributed by atoms with Gasteiger partial charge in [0.15, 0.2) is 0 Å². The van der Waals surface area contributed by atoms with Crippen LogP contribution in [0.3, 0.4) is 0 Å². The number of benzene rings is 1. The molecule has 19 heavy (non-hydrogen) atoms. The van der Waals surface area contributed by atoms with Crippen LogP contribution >= 0.6 is 17.1 Å². The van der Waals surface area contributed by atoms with Crippen molar-refractivity contribution in [2.24, 2.45) is 0 Å². The maximum atomic E-state index is 10.8. The lowest BCUT2D eigenvalue weighted by Crippen LogP contribution is -2.19. The minimum Gasteiger partial charge on any atom is -0.358 e. The molecule has 108 valence electrons. The van der Waals surface area contributed by atoms with Gasteiger partial charge in [0.1, 0.15) is 0 Å². The largest absolute Gasteiger partial charge is 0.358 e. The molecule has 0 aliphatic rings. The molecule has 1 rings (SSSR count). The smallest absolute Gasteiger partial charge is 0.247 e. The van der Waals surface area contributed by atoms with E-state index in [9.17, 15) is 4.79 Å². The first-order valence-corrected chi connectivity index (χ1v) is 9.78. The molecule has 0 aliphatic carbocycles. The van der Waals surface area contributed by atoms with Gasteiger partial charge in [0.2, 0.25) is 11.6 Å². The average Bonchev–Trinajstić information content (AvgIpc) is 2.46. The zero-order valence-corrected chi connectivity index (χ0v) is 14.1. The number of aryl methyl sites for hydroxylation is 1. The fraction of sp³-hybridized carbons (Fsp3) is 0.417. The van der Waals surface area contributed by atoms with Crippen LogP contribution in [0.25, 0.3) is 0 Å². The number of nitrogens with one attached hydrogen (secondary N) is 1. The molecule has 1 amide bonds. The molecule has 1 N–H and O–H groups in total. The lowest BCUT2D eigenvalue weighted by atomic mass is 10.2. The van der Waals surface area contributed by atoms with Crippen molar-refractivity contribution >= 4 is 34.8 Å².